The van der Waals surface area contributed by atoms with Crippen molar-refractivity contribution >= 4 is 42.5 Å². The molecule has 64 heavy (non-hydrogen) atoms. The van der Waals surface area contributed by atoms with Gasteiger partial charge in [0.2, 0.25) is 0 Å². The van der Waals surface area contributed by atoms with E-state index in [1.165, 1.54) is 0 Å². The van der Waals surface area contributed by atoms with E-state index in [2.05, 4.69) is 20.1 Å². The van der Waals surface area contributed by atoms with E-state index in [0.717, 1.165) is 12.7 Å². The van der Waals surface area contributed by atoms with E-state index >= 15 is 0 Å². The number of carbonyl (C=O) groups excluding carboxylic acids is 7. The number of rotatable bonds is 11. The maximum atomic E-state index is 12.2. The van der Waals surface area contributed by atoms with Gasteiger partial charge in [-0.25, -0.2) is 14.4 Å². The summed E-state index contributed by atoms with van der Waals surface area (Å²) in [6.45, 7) is 35.1. The average molecular weight is 910 g/mol. The molecule has 0 aromatic heterocycles. The number of piperidine rings is 3. The van der Waals surface area contributed by atoms with Gasteiger partial charge in [0, 0.05) is 45.7 Å². The van der Waals surface area contributed by atoms with Crippen LogP contribution in [-0.4, -0.2) is 133 Å². The molecule has 3 heterocycles. The lowest BCUT2D eigenvalue weighted by molar-refractivity contribution is -0.160. The number of hydrogen-bond donors (Lipinski definition) is 0. The molecule has 0 unspecified atom stereocenters. The van der Waals surface area contributed by atoms with Crippen molar-refractivity contribution < 1.29 is 62.0 Å². The van der Waals surface area contributed by atoms with Gasteiger partial charge in [-0.2, -0.15) is 0 Å². The van der Waals surface area contributed by atoms with Crippen LogP contribution in [0.25, 0.3) is 0 Å². The minimum absolute atomic E-state index is 0.0800. The average Bonchev–Trinajstić information content (AvgIpc) is 3.20. The molecule has 3 aliphatic heterocycles. The molecule has 0 spiro atoms. The van der Waals surface area contributed by atoms with Crippen molar-refractivity contribution in [3.63, 3.8) is 0 Å². The Hall–Kier alpha value is -4.63. The lowest BCUT2D eigenvalue weighted by atomic mass is 9.75. The lowest BCUT2D eigenvalue weighted by Crippen LogP contribution is -2.48. The summed E-state index contributed by atoms with van der Waals surface area (Å²) in [6, 6.07) is 0. The van der Waals surface area contributed by atoms with Gasteiger partial charge < -0.3 is 47.9 Å². The molecule has 16 nitrogen and oxygen atoms in total. The molecule has 16 heteroatoms. The van der Waals surface area contributed by atoms with Crippen LogP contribution in [0.15, 0.2) is 25.3 Å². The largest absolute Gasteiger partial charge is 0.466 e. The Morgan fingerprint density at radius 3 is 1.11 bits per heavy atom. The fourth-order valence-electron chi connectivity index (χ4n) is 6.76. The highest BCUT2D eigenvalue weighted by molar-refractivity contribution is 5.81. The molecule has 0 aromatic rings. The topological polar surface area (TPSA) is 185 Å². The van der Waals surface area contributed by atoms with E-state index in [-0.39, 0.29) is 55.1 Å². The van der Waals surface area contributed by atoms with Gasteiger partial charge in [0.15, 0.2) is 0 Å². The van der Waals surface area contributed by atoms with Crippen molar-refractivity contribution in [2.75, 3.05) is 59.1 Å². The first-order valence-electron chi connectivity index (χ1n) is 22.8. The Morgan fingerprint density at radius 1 is 0.531 bits per heavy atom. The zero-order valence-electron chi connectivity index (χ0n) is 41.6. The minimum atomic E-state index is -0.795. The third-order valence-electron chi connectivity index (χ3n) is 10.2. The van der Waals surface area contributed by atoms with Gasteiger partial charge in [-0.3, -0.25) is 14.4 Å². The lowest BCUT2D eigenvalue weighted by Gasteiger charge is -2.39. The Labute approximate surface area is 384 Å². The summed E-state index contributed by atoms with van der Waals surface area (Å²) in [5.41, 5.74) is -2.87. The zero-order chi connectivity index (χ0) is 49.4. The first kappa shape index (κ1) is 59.4. The smallest absolute Gasteiger partial charge is 0.410 e. The molecule has 0 aromatic carbocycles. The third-order valence-corrected chi connectivity index (χ3v) is 10.2. The van der Waals surface area contributed by atoms with Crippen LogP contribution in [0.1, 0.15) is 148 Å². The number of amides is 3. The summed E-state index contributed by atoms with van der Waals surface area (Å²) in [5.74, 6) is -0.764. The van der Waals surface area contributed by atoms with Gasteiger partial charge in [-0.15, -0.1) is 13.2 Å². The number of esters is 3. The predicted molar refractivity (Wildman–Crippen MR) is 245 cm³/mol. The van der Waals surface area contributed by atoms with Crippen LogP contribution in [0.2, 0.25) is 0 Å². The van der Waals surface area contributed by atoms with Crippen molar-refractivity contribution in [1.82, 2.24) is 14.7 Å². The van der Waals surface area contributed by atoms with Crippen LogP contribution in [0.4, 0.5) is 14.4 Å². The zero-order valence-corrected chi connectivity index (χ0v) is 41.6. The van der Waals surface area contributed by atoms with Crippen LogP contribution in [0.3, 0.4) is 0 Å². The van der Waals surface area contributed by atoms with E-state index in [0.29, 0.717) is 97.4 Å². The summed E-state index contributed by atoms with van der Waals surface area (Å²) < 4.78 is 31.2. The van der Waals surface area contributed by atoms with Crippen LogP contribution >= 0.6 is 0 Å². The third kappa shape index (κ3) is 22.3. The van der Waals surface area contributed by atoms with E-state index in [1.807, 2.05) is 68.4 Å². The molecule has 368 valence electrons. The Kier molecular flexibility index (Phi) is 26.3. The van der Waals surface area contributed by atoms with Gasteiger partial charge in [0.1, 0.15) is 23.1 Å². The van der Waals surface area contributed by atoms with Crippen molar-refractivity contribution in [3.05, 3.63) is 25.3 Å². The van der Waals surface area contributed by atoms with Gasteiger partial charge in [0.25, 0.3) is 0 Å². The van der Waals surface area contributed by atoms with E-state index in [4.69, 9.17) is 28.4 Å². The normalized spacial score (nSPS) is 17.1. The quantitative estimate of drug-likeness (QED) is 0.0828. The predicted octanol–water partition coefficient (Wildman–Crippen LogP) is 9.08. The van der Waals surface area contributed by atoms with Gasteiger partial charge in [-0.1, -0.05) is 19.1 Å². The number of allylic oxidation sites excluding steroid dienone is 2. The van der Waals surface area contributed by atoms with Crippen LogP contribution < -0.4 is 0 Å². The maximum Gasteiger partial charge on any atom is 0.410 e. The fraction of sp³-hybridized carbons (Fsp3) is 0.771. The summed E-state index contributed by atoms with van der Waals surface area (Å²) in [4.78, 5) is 87.5. The van der Waals surface area contributed by atoms with Crippen LogP contribution in [0, 0.1) is 16.7 Å². The highest BCUT2D eigenvalue weighted by Crippen LogP contribution is 2.38. The molecule has 3 aliphatic rings. The minimum Gasteiger partial charge on any atom is -0.466 e. The highest BCUT2D eigenvalue weighted by Gasteiger charge is 2.45. The summed E-state index contributed by atoms with van der Waals surface area (Å²) >= 11 is 0. The van der Waals surface area contributed by atoms with Crippen LogP contribution in [0.5, 0.6) is 0 Å². The molecular formula is C48H83N3O13. The maximum absolute atomic E-state index is 12.2. The Balaban J connectivity index is 0.000000893. The standard InChI is InChI=1S/C16H27NO4.C15H25NO5.C13H23NO4.C4H8/c1-6-8-16(13(18)20-7-2)9-11-17(12-10-16)14(19)21-15(3,4)5;1-5-20-12(18)15(8-11-17)6-9-16(10-7-15)13(19)21-14(2,3)4;1-5-17-11(15)10-6-8-14(9-7-10)12(16)18-13(2,3)4;1-3-4-2/h6H,1,7-12H2,2-5H3;11H,5-10H2,1-4H3;10H,5-9H2,1-4H3;3H,1,4H2,2H3. The first-order chi connectivity index (χ1) is 29.7. The van der Waals surface area contributed by atoms with Crippen LogP contribution in [-0.2, 0) is 47.6 Å². The monoisotopic (exact) mass is 910 g/mol. The fourth-order valence-corrected chi connectivity index (χ4v) is 6.76. The molecule has 0 radical (unpaired) electrons. The molecule has 3 saturated heterocycles. The Morgan fingerprint density at radius 2 is 0.844 bits per heavy atom. The first-order valence-corrected chi connectivity index (χ1v) is 22.8. The van der Waals surface area contributed by atoms with Crippen molar-refractivity contribution in [1.29, 1.82) is 0 Å². The number of nitrogens with zero attached hydrogens (tertiary/aromatic N) is 3. The molecule has 0 saturated carbocycles. The second-order valence-electron chi connectivity index (χ2n) is 19.0. The SMILES string of the molecule is C=CCC.C=CCC1(C(=O)OCC)CCN(C(=O)OC(C)(C)C)CC1.CCOC(=O)C1(CC=O)CCN(C(=O)OC(C)(C)C)CC1.CCOC(=O)C1CCN(C(=O)OC(C)(C)C)CC1. The summed E-state index contributed by atoms with van der Waals surface area (Å²) in [7, 11) is 0. The van der Waals surface area contributed by atoms with Gasteiger partial charge in [-0.05, 0) is 134 Å². The molecule has 3 rings (SSSR count). The molecule has 3 amide bonds. The second kappa shape index (κ2) is 28.3. The number of hydrogen-bond acceptors (Lipinski definition) is 13. The number of aldehydes is 1. The van der Waals surface area contributed by atoms with Gasteiger partial charge in [0.05, 0.1) is 36.6 Å². The molecule has 0 bridgehead atoms. The van der Waals surface area contributed by atoms with E-state index in [9.17, 15) is 33.6 Å². The second-order valence-corrected chi connectivity index (χ2v) is 19.0. The summed E-state index contributed by atoms with van der Waals surface area (Å²) in [5, 5.41) is 0. The van der Waals surface area contributed by atoms with Crippen molar-refractivity contribution in [3.8, 4) is 0 Å². The van der Waals surface area contributed by atoms with E-state index in [1.54, 1.807) is 41.5 Å². The molecule has 0 N–H and O–H groups in total. The van der Waals surface area contributed by atoms with E-state index < -0.39 is 27.6 Å². The van der Waals surface area contributed by atoms with Crippen molar-refractivity contribution in [2.45, 2.75) is 165 Å². The Bertz CT molecular complexity index is 1410. The molecule has 3 fully saturated rings. The highest BCUT2D eigenvalue weighted by atomic mass is 16.6. The summed E-state index contributed by atoms with van der Waals surface area (Å²) in [6.07, 6.45) is 8.47. The molecular weight excluding hydrogens is 827 g/mol. The van der Waals surface area contributed by atoms with Crippen molar-refractivity contribution in [2.24, 2.45) is 16.7 Å². The number of carbonyl (C=O) groups is 7. The number of ether oxygens (including phenoxy) is 6. The molecule has 0 aliphatic carbocycles. The van der Waals surface area contributed by atoms with Gasteiger partial charge >= 0.3 is 36.2 Å². The number of likely N-dealkylation sites (tertiary alicyclic amines) is 3. The molecule has 0 atom stereocenters.